The maximum Gasteiger partial charge on any atom is 0.339 e. The van der Waals surface area contributed by atoms with Crippen molar-refractivity contribution >= 4 is 68.1 Å². The monoisotopic (exact) mass is 281 g/mol. The largest absolute Gasteiger partial charge is 0.571 e. The molecule has 3 aromatic rings. The van der Waals surface area contributed by atoms with Crippen LogP contribution in [-0.4, -0.2) is 30.9 Å². The number of hydrogen-bond donors (Lipinski definition) is 0. The molecular weight excluding hydrogens is 268 g/mol. The van der Waals surface area contributed by atoms with Gasteiger partial charge < -0.3 is 2.87 Å². The molecule has 0 fully saturated rings. The highest BCUT2D eigenvalue weighted by Crippen LogP contribution is 2.38. The highest BCUT2D eigenvalue weighted by Gasteiger charge is 2.11. The summed E-state index contributed by atoms with van der Waals surface area (Å²) in [6.07, 6.45) is 0. The minimum Gasteiger partial charge on any atom is -0.571 e. The van der Waals surface area contributed by atoms with Gasteiger partial charge in [-0.15, -0.1) is 11.3 Å². The molecule has 0 aliphatic carbocycles. The van der Waals surface area contributed by atoms with Crippen LogP contribution >= 0.6 is 11.3 Å². The first-order valence-corrected chi connectivity index (χ1v) is 10.3. The summed E-state index contributed by atoms with van der Waals surface area (Å²) in [6, 6.07) is 15.5. The highest BCUT2D eigenvalue weighted by molar-refractivity contribution is 7.26. The molecule has 1 aromatic heterocycles. The standard InChI is InChI=1S/C12H7NS.2CH3.2Al/c13-10-6-3-5-9-8-4-1-2-7-11(8)14-12(9)10;;;;/h1-7H;2*1H3;;. The van der Waals surface area contributed by atoms with E-state index in [2.05, 4.69) is 56.9 Å². The second-order valence-corrected chi connectivity index (χ2v) is 7.97. The average molecular weight is 281 g/mol. The summed E-state index contributed by atoms with van der Waals surface area (Å²) in [5.41, 5.74) is 1.45. The van der Waals surface area contributed by atoms with E-state index < -0.39 is 0 Å². The first-order valence-electron chi connectivity index (χ1n) is 6.12. The van der Waals surface area contributed by atoms with Gasteiger partial charge in [-0.3, -0.25) is 0 Å². The van der Waals surface area contributed by atoms with Crippen molar-refractivity contribution in [1.82, 2.24) is 0 Å². The zero-order valence-corrected chi connectivity index (χ0v) is 13.7. The molecule has 0 aliphatic heterocycles. The molecule has 1 nitrogen and oxygen atoms in total. The van der Waals surface area contributed by atoms with Crippen LogP contribution in [0.3, 0.4) is 0 Å². The van der Waals surface area contributed by atoms with Crippen LogP contribution in [0.1, 0.15) is 0 Å². The summed E-state index contributed by atoms with van der Waals surface area (Å²) in [5.74, 6) is 4.64. The Morgan fingerprint density at radius 1 is 0.889 bits per heavy atom. The lowest BCUT2D eigenvalue weighted by atomic mass is 10.1. The first-order chi connectivity index (χ1) is 8.85. The quantitative estimate of drug-likeness (QED) is 0.650. The Bertz CT molecular complexity index is 688. The van der Waals surface area contributed by atoms with Crippen LogP contribution in [-0.2, 0) is 0 Å². The van der Waals surface area contributed by atoms with E-state index in [1.807, 2.05) is 11.3 Å². The van der Waals surface area contributed by atoms with Crippen LogP contribution in [0.25, 0.3) is 20.2 Å². The van der Waals surface area contributed by atoms with E-state index in [-0.39, 0.29) is 0 Å². The molecule has 4 heteroatoms. The summed E-state index contributed by atoms with van der Waals surface area (Å²) >= 11 is 2.67. The zero-order valence-electron chi connectivity index (χ0n) is 10.6. The average Bonchev–Trinajstić information content (AvgIpc) is 2.80. The maximum absolute atomic E-state index is 2.59. The number of nitrogens with zero attached hydrogens (tertiary/aromatic N) is 1. The second kappa shape index (κ2) is 5.26. The molecule has 0 atom stereocenters. The molecule has 1 heterocycles. The van der Waals surface area contributed by atoms with Gasteiger partial charge in [0.05, 0.1) is 4.70 Å². The highest BCUT2D eigenvalue weighted by atomic mass is 32.1. The SMILES string of the molecule is [CH3][Al][N]([Al][CH3])c1cccc2c1sc1ccccc12. The smallest absolute Gasteiger partial charge is 0.339 e. The van der Waals surface area contributed by atoms with E-state index in [9.17, 15) is 0 Å². The van der Waals surface area contributed by atoms with Crippen LogP contribution in [0.2, 0.25) is 11.6 Å². The van der Waals surface area contributed by atoms with Gasteiger partial charge in [0.2, 0.25) is 0 Å². The number of rotatable bonds is 3. The minimum absolute atomic E-state index is 0.368. The van der Waals surface area contributed by atoms with E-state index in [0.29, 0.717) is 30.9 Å². The predicted octanol–water partition coefficient (Wildman–Crippen LogP) is 4.20. The number of benzene rings is 2. The fraction of sp³-hybridized carbons (Fsp3) is 0.143. The van der Waals surface area contributed by atoms with Gasteiger partial charge in [0.25, 0.3) is 0 Å². The van der Waals surface area contributed by atoms with Gasteiger partial charge in [0.15, 0.2) is 0 Å². The van der Waals surface area contributed by atoms with E-state index in [4.69, 9.17) is 0 Å². The fourth-order valence-electron chi connectivity index (χ4n) is 2.36. The number of fused-ring (bicyclic) bond motifs is 3. The van der Waals surface area contributed by atoms with E-state index in [1.54, 1.807) is 0 Å². The Kier molecular flexibility index (Phi) is 3.67. The Morgan fingerprint density at radius 3 is 2.39 bits per heavy atom. The number of anilines is 1. The molecule has 0 saturated heterocycles. The van der Waals surface area contributed by atoms with Crippen molar-refractivity contribution in [2.75, 3.05) is 2.87 Å². The van der Waals surface area contributed by atoms with E-state index >= 15 is 0 Å². The van der Waals surface area contributed by atoms with Crippen LogP contribution in [0, 0.1) is 0 Å². The topological polar surface area (TPSA) is 3.24 Å². The van der Waals surface area contributed by atoms with Crippen molar-refractivity contribution in [3.05, 3.63) is 42.5 Å². The molecule has 0 unspecified atom stereocenters. The van der Waals surface area contributed by atoms with Gasteiger partial charge in [-0.25, -0.2) is 0 Å². The van der Waals surface area contributed by atoms with Crippen LogP contribution in [0.5, 0.6) is 0 Å². The summed E-state index contributed by atoms with van der Waals surface area (Å²) in [5, 5.41) is 2.82. The molecule has 2 radical (unpaired) electrons. The predicted molar refractivity (Wildman–Crippen MR) is 85.0 cm³/mol. The first kappa shape index (κ1) is 12.6. The van der Waals surface area contributed by atoms with Crippen molar-refractivity contribution in [3.63, 3.8) is 0 Å². The third-order valence-electron chi connectivity index (χ3n) is 3.22. The van der Waals surface area contributed by atoms with E-state index in [1.165, 1.54) is 25.9 Å². The summed E-state index contributed by atoms with van der Waals surface area (Å²) in [6.45, 7) is 0. The molecular formula is C14H13Al2NS. The summed E-state index contributed by atoms with van der Waals surface area (Å²) < 4.78 is 5.46. The second-order valence-electron chi connectivity index (χ2n) is 4.18. The van der Waals surface area contributed by atoms with Crippen LogP contribution in [0.15, 0.2) is 42.5 Å². The fourth-order valence-corrected chi connectivity index (χ4v) is 5.95. The van der Waals surface area contributed by atoms with Gasteiger partial charge in [0.1, 0.15) is 0 Å². The van der Waals surface area contributed by atoms with Crippen molar-refractivity contribution in [2.45, 2.75) is 11.6 Å². The Balaban J connectivity index is 2.34. The minimum atomic E-state index is 0.368. The molecule has 3 rings (SSSR count). The molecule has 0 N–H and O–H groups in total. The third kappa shape index (κ3) is 1.99. The van der Waals surface area contributed by atoms with Gasteiger partial charge >= 0.3 is 30.9 Å². The van der Waals surface area contributed by atoms with Crippen molar-refractivity contribution in [1.29, 1.82) is 0 Å². The zero-order chi connectivity index (χ0) is 12.5. The lowest BCUT2D eigenvalue weighted by Crippen LogP contribution is -2.27. The number of thiophene rings is 1. The van der Waals surface area contributed by atoms with Gasteiger partial charge in [-0.05, 0) is 12.1 Å². The molecule has 0 amide bonds. The normalized spacial score (nSPS) is 10.8. The van der Waals surface area contributed by atoms with E-state index in [0.717, 1.165) is 0 Å². The Morgan fingerprint density at radius 2 is 1.61 bits per heavy atom. The van der Waals surface area contributed by atoms with Crippen LogP contribution < -0.4 is 2.87 Å². The van der Waals surface area contributed by atoms with Gasteiger partial charge in [-0.1, -0.05) is 41.9 Å². The van der Waals surface area contributed by atoms with Crippen molar-refractivity contribution in [2.24, 2.45) is 0 Å². The Labute approximate surface area is 124 Å². The van der Waals surface area contributed by atoms with Gasteiger partial charge in [-0.2, -0.15) is 0 Å². The third-order valence-corrected chi connectivity index (χ3v) is 7.88. The van der Waals surface area contributed by atoms with Gasteiger partial charge in [0, 0.05) is 21.2 Å². The summed E-state index contributed by atoms with van der Waals surface area (Å²) in [4.78, 5) is 0. The van der Waals surface area contributed by atoms with Crippen molar-refractivity contribution in [3.8, 4) is 0 Å². The molecule has 0 saturated carbocycles. The molecule has 86 valence electrons. The lowest BCUT2D eigenvalue weighted by molar-refractivity contribution is 1.59. The van der Waals surface area contributed by atoms with Crippen molar-refractivity contribution < 1.29 is 0 Å². The molecule has 18 heavy (non-hydrogen) atoms. The molecule has 0 bridgehead atoms. The molecule has 2 aromatic carbocycles. The molecule has 0 aliphatic rings. The maximum atomic E-state index is 2.59. The summed E-state index contributed by atoms with van der Waals surface area (Å²) in [7, 11) is 0. The number of hydrogen-bond acceptors (Lipinski definition) is 2. The Hall–Kier alpha value is -0.475. The van der Waals surface area contributed by atoms with Crippen LogP contribution in [0.4, 0.5) is 5.69 Å². The molecule has 0 spiro atoms. The lowest BCUT2D eigenvalue weighted by Gasteiger charge is -2.23.